The van der Waals surface area contributed by atoms with Gasteiger partial charge in [-0.3, -0.25) is 14.2 Å². The molecule has 2 aliphatic heterocycles. The normalized spacial score (nSPS) is 19.4. The highest BCUT2D eigenvalue weighted by molar-refractivity contribution is 5.77. The Hall–Kier alpha value is -4.61. The van der Waals surface area contributed by atoms with Gasteiger partial charge >= 0.3 is 29.9 Å². The van der Waals surface area contributed by atoms with Crippen molar-refractivity contribution in [3.8, 4) is 0 Å². The van der Waals surface area contributed by atoms with E-state index in [1.54, 1.807) is 67.2 Å². The SMILES string of the molecule is CC(C)(C)OC(=O)N1CCCN(C(=O)OC(C)(C)C)CCN(C(=O)OC(C)(C)C)CCCN(C(=O)CCCC(=O)OC[C@@H]2CC[C@H](n3ccc(N)nc3=O)O2)CC1. The number of anilines is 1. The number of nitrogens with zero attached hydrogens (tertiary/aromatic N) is 6. The van der Waals surface area contributed by atoms with Gasteiger partial charge in [-0.1, -0.05) is 0 Å². The third kappa shape index (κ3) is 17.2. The maximum atomic E-state index is 13.7. The number of nitrogens with two attached hydrogens (primary N) is 1. The molecule has 0 bridgehead atoms. The van der Waals surface area contributed by atoms with Gasteiger partial charge in [-0.15, -0.1) is 0 Å². The summed E-state index contributed by atoms with van der Waals surface area (Å²) in [5.41, 5.74) is 2.81. The van der Waals surface area contributed by atoms with Gasteiger partial charge in [0.15, 0.2) is 0 Å². The van der Waals surface area contributed by atoms with Crippen molar-refractivity contribution in [1.29, 1.82) is 0 Å². The summed E-state index contributed by atoms with van der Waals surface area (Å²) in [5.74, 6) is -0.579. The van der Waals surface area contributed by atoms with E-state index < -0.39 is 59.1 Å². The Morgan fingerprint density at radius 3 is 1.61 bits per heavy atom. The third-order valence-electron chi connectivity index (χ3n) is 8.75. The van der Waals surface area contributed by atoms with Crippen LogP contribution in [0.15, 0.2) is 17.1 Å². The second kappa shape index (κ2) is 20.7. The summed E-state index contributed by atoms with van der Waals surface area (Å²) in [5, 5.41) is 0. The van der Waals surface area contributed by atoms with E-state index in [9.17, 15) is 28.8 Å². The van der Waals surface area contributed by atoms with E-state index in [0.717, 1.165) is 0 Å². The standard InChI is InChI=1S/C39H65N7O11/c1-37(2,3)55-34(50)43-20-12-21-45(36(52)57-39(7,8)9)26-25-44(35(51)56-38(4,5)6)19-11-18-42(23-24-43)30(47)13-10-14-32(48)53-27-28-15-16-31(54-28)46-22-17-29(40)41-33(46)49/h17,22,28,31H,10-16,18-21,23-27H2,1-9H3,(H2,40,41,49)/t28-,31+/m0/s1. The summed E-state index contributed by atoms with van der Waals surface area (Å²) in [7, 11) is 0. The van der Waals surface area contributed by atoms with Crippen molar-refractivity contribution in [2.75, 3.05) is 64.7 Å². The van der Waals surface area contributed by atoms with E-state index in [4.69, 9.17) is 29.4 Å². The van der Waals surface area contributed by atoms with E-state index in [1.165, 1.54) is 31.5 Å². The zero-order valence-electron chi connectivity index (χ0n) is 35.4. The molecule has 3 rings (SSSR count). The maximum absolute atomic E-state index is 13.7. The quantitative estimate of drug-likeness (QED) is 0.297. The van der Waals surface area contributed by atoms with Crippen molar-refractivity contribution in [2.45, 2.75) is 136 Å². The molecule has 0 spiro atoms. The summed E-state index contributed by atoms with van der Waals surface area (Å²) < 4.78 is 29.7. The number of esters is 1. The fourth-order valence-corrected chi connectivity index (χ4v) is 6.07. The Bertz CT molecular complexity index is 1580. The number of hydrogen-bond acceptors (Lipinski definition) is 13. The predicted molar refractivity (Wildman–Crippen MR) is 210 cm³/mol. The van der Waals surface area contributed by atoms with Crippen molar-refractivity contribution in [2.24, 2.45) is 0 Å². The Kier molecular flexibility index (Phi) is 17.0. The Morgan fingerprint density at radius 1 is 0.702 bits per heavy atom. The van der Waals surface area contributed by atoms with Crippen LogP contribution in [0, 0.1) is 0 Å². The van der Waals surface area contributed by atoms with Crippen LogP contribution < -0.4 is 11.4 Å². The molecule has 18 heteroatoms. The van der Waals surface area contributed by atoms with Crippen LogP contribution in [-0.2, 0) is 33.3 Å². The minimum atomic E-state index is -0.757. The van der Waals surface area contributed by atoms with E-state index >= 15 is 0 Å². The molecule has 2 fully saturated rings. The Balaban J connectivity index is 1.66. The first-order chi connectivity index (χ1) is 26.5. The topological polar surface area (TPSA) is 205 Å². The van der Waals surface area contributed by atoms with Crippen molar-refractivity contribution >= 4 is 36.0 Å². The number of carbonyl (C=O) groups is 5. The average Bonchev–Trinajstić information content (AvgIpc) is 3.54. The second-order valence-electron chi connectivity index (χ2n) is 17.4. The lowest BCUT2D eigenvalue weighted by Gasteiger charge is -2.34. The highest BCUT2D eigenvalue weighted by Gasteiger charge is 2.30. The summed E-state index contributed by atoms with van der Waals surface area (Å²) in [6.07, 6.45) is 1.15. The average molecular weight is 808 g/mol. The zero-order chi connectivity index (χ0) is 42.6. The predicted octanol–water partition coefficient (Wildman–Crippen LogP) is 4.55. The van der Waals surface area contributed by atoms with Gasteiger partial charge in [-0.25, -0.2) is 19.2 Å². The van der Waals surface area contributed by atoms with Gasteiger partial charge in [0, 0.05) is 71.4 Å². The number of aromatic nitrogens is 2. The van der Waals surface area contributed by atoms with Crippen molar-refractivity contribution in [3.63, 3.8) is 0 Å². The summed E-state index contributed by atoms with van der Waals surface area (Å²) >= 11 is 0. The van der Waals surface area contributed by atoms with Crippen molar-refractivity contribution in [3.05, 3.63) is 22.7 Å². The van der Waals surface area contributed by atoms with Crippen LogP contribution in [0.25, 0.3) is 0 Å². The van der Waals surface area contributed by atoms with Gasteiger partial charge in [0.1, 0.15) is 35.5 Å². The van der Waals surface area contributed by atoms with Crippen molar-refractivity contribution < 1.29 is 47.7 Å². The third-order valence-corrected chi connectivity index (χ3v) is 8.75. The number of ether oxygens (including phenoxy) is 5. The highest BCUT2D eigenvalue weighted by Crippen LogP contribution is 2.27. The molecule has 2 aliphatic rings. The Labute approximate surface area is 336 Å². The fraction of sp³-hybridized carbons (Fsp3) is 0.769. The van der Waals surface area contributed by atoms with E-state index in [1.807, 2.05) is 0 Å². The Morgan fingerprint density at radius 2 is 1.16 bits per heavy atom. The first-order valence-electron chi connectivity index (χ1n) is 19.9. The molecule has 4 amide bonds. The van der Waals surface area contributed by atoms with Crippen LogP contribution in [0.5, 0.6) is 0 Å². The first-order valence-corrected chi connectivity index (χ1v) is 19.9. The lowest BCUT2D eigenvalue weighted by Crippen LogP contribution is -2.48. The summed E-state index contributed by atoms with van der Waals surface area (Å²) in [4.78, 5) is 88.4. The van der Waals surface area contributed by atoms with E-state index in [-0.39, 0.29) is 90.0 Å². The number of nitrogen functional groups attached to an aromatic ring is 1. The molecule has 0 unspecified atom stereocenters. The van der Waals surface area contributed by atoms with Gasteiger partial charge in [0.25, 0.3) is 0 Å². The lowest BCUT2D eigenvalue weighted by molar-refractivity contribution is -0.148. The van der Waals surface area contributed by atoms with Gasteiger partial charge in [0.2, 0.25) is 5.91 Å². The molecule has 0 saturated carbocycles. The largest absolute Gasteiger partial charge is 0.463 e. The lowest BCUT2D eigenvalue weighted by atomic mass is 10.2. The molecule has 2 N–H and O–H groups in total. The molecule has 0 aliphatic carbocycles. The maximum Gasteiger partial charge on any atom is 0.410 e. The number of hydrogen-bond donors (Lipinski definition) is 1. The molecule has 1 aromatic heterocycles. The summed E-state index contributed by atoms with van der Waals surface area (Å²) in [6.45, 7) is 17.6. The van der Waals surface area contributed by atoms with Crippen LogP contribution in [0.1, 0.15) is 113 Å². The number of carbonyl (C=O) groups excluding carboxylic acids is 5. The summed E-state index contributed by atoms with van der Waals surface area (Å²) in [6, 6.07) is 1.51. The van der Waals surface area contributed by atoms with Crippen molar-refractivity contribution in [1.82, 2.24) is 29.2 Å². The van der Waals surface area contributed by atoms with Gasteiger partial charge in [-0.2, -0.15) is 4.98 Å². The van der Waals surface area contributed by atoms with Crippen LogP contribution in [0.2, 0.25) is 0 Å². The molecule has 3 heterocycles. The number of amides is 4. The smallest absolute Gasteiger partial charge is 0.410 e. The van der Waals surface area contributed by atoms with Crippen LogP contribution in [-0.4, -0.2) is 141 Å². The van der Waals surface area contributed by atoms with E-state index in [2.05, 4.69) is 4.98 Å². The first kappa shape index (κ1) is 46.8. The van der Waals surface area contributed by atoms with Gasteiger partial charge in [-0.05, 0) is 100 Å². The fourth-order valence-electron chi connectivity index (χ4n) is 6.07. The van der Waals surface area contributed by atoms with E-state index in [0.29, 0.717) is 25.7 Å². The molecule has 2 saturated heterocycles. The van der Waals surface area contributed by atoms with Crippen LogP contribution in [0.4, 0.5) is 20.2 Å². The molecule has 322 valence electrons. The minimum Gasteiger partial charge on any atom is -0.463 e. The second-order valence-corrected chi connectivity index (χ2v) is 17.4. The minimum absolute atomic E-state index is 0.00166. The molecule has 18 nitrogen and oxygen atoms in total. The molecular formula is C39H65N7O11. The monoisotopic (exact) mass is 807 g/mol. The molecular weight excluding hydrogens is 742 g/mol. The zero-order valence-corrected chi connectivity index (χ0v) is 35.4. The molecule has 1 aromatic rings. The highest BCUT2D eigenvalue weighted by atomic mass is 16.6. The number of rotatable bonds is 7. The molecule has 0 aromatic carbocycles. The molecule has 0 radical (unpaired) electrons. The van der Waals surface area contributed by atoms with Crippen LogP contribution >= 0.6 is 0 Å². The molecule has 2 atom stereocenters. The van der Waals surface area contributed by atoms with Gasteiger partial charge < -0.3 is 49.0 Å². The van der Waals surface area contributed by atoms with Gasteiger partial charge in [0.05, 0.1) is 6.10 Å². The molecule has 57 heavy (non-hydrogen) atoms. The van der Waals surface area contributed by atoms with Crippen LogP contribution in [0.3, 0.4) is 0 Å².